The Morgan fingerprint density at radius 3 is 2.71 bits per heavy atom. The molecule has 2 heterocycles. The second-order valence-corrected chi connectivity index (χ2v) is 6.84. The molecule has 0 atom stereocenters. The van der Waals surface area contributed by atoms with Gasteiger partial charge in [0.05, 0.1) is 36.2 Å². The number of ether oxygens (including phenoxy) is 1. The molecule has 1 aliphatic heterocycles. The molecule has 0 radical (unpaired) electrons. The van der Waals surface area contributed by atoms with Gasteiger partial charge in [-0.1, -0.05) is 37.3 Å². The van der Waals surface area contributed by atoms with Crippen LogP contribution in [0.3, 0.4) is 0 Å². The molecule has 1 aliphatic rings. The maximum atomic E-state index is 13.0. The molecule has 3 rings (SSSR count). The highest BCUT2D eigenvalue weighted by Gasteiger charge is 2.31. The summed E-state index contributed by atoms with van der Waals surface area (Å²) in [5, 5.41) is 4.47. The minimum atomic E-state index is -0.291. The molecule has 0 spiro atoms. The van der Waals surface area contributed by atoms with Crippen molar-refractivity contribution in [3.8, 4) is 0 Å². The van der Waals surface area contributed by atoms with Crippen LogP contribution in [-0.4, -0.2) is 45.9 Å². The van der Waals surface area contributed by atoms with Crippen molar-refractivity contribution >= 4 is 5.91 Å². The number of aromatic nitrogens is 2. The third-order valence-electron chi connectivity index (χ3n) is 4.40. The number of morpholine rings is 1. The summed E-state index contributed by atoms with van der Waals surface area (Å²) >= 11 is 0. The Morgan fingerprint density at radius 2 is 2.04 bits per heavy atom. The van der Waals surface area contributed by atoms with Crippen molar-refractivity contribution in [3.63, 3.8) is 0 Å². The van der Waals surface area contributed by atoms with Crippen LogP contribution in [0.5, 0.6) is 0 Å². The summed E-state index contributed by atoms with van der Waals surface area (Å²) in [4.78, 5) is 14.8. The lowest BCUT2D eigenvalue weighted by Gasteiger charge is -2.38. The van der Waals surface area contributed by atoms with Gasteiger partial charge < -0.3 is 9.64 Å². The van der Waals surface area contributed by atoms with E-state index in [0.717, 1.165) is 12.1 Å². The molecule has 128 valence electrons. The number of rotatable bonds is 4. The summed E-state index contributed by atoms with van der Waals surface area (Å²) in [6.45, 7) is 8.62. The highest BCUT2D eigenvalue weighted by Crippen LogP contribution is 2.20. The Balaban J connectivity index is 1.82. The van der Waals surface area contributed by atoms with Crippen molar-refractivity contribution in [2.75, 3.05) is 19.7 Å². The Bertz CT molecular complexity index is 707. The monoisotopic (exact) mass is 327 g/mol. The molecule has 24 heavy (non-hydrogen) atoms. The number of nitrogens with zero attached hydrogens (tertiary/aromatic N) is 3. The Labute approximate surface area is 143 Å². The summed E-state index contributed by atoms with van der Waals surface area (Å²) in [6.07, 6.45) is 2.49. The summed E-state index contributed by atoms with van der Waals surface area (Å²) in [6, 6.07) is 10.2. The van der Waals surface area contributed by atoms with E-state index in [4.69, 9.17) is 4.74 Å². The summed E-state index contributed by atoms with van der Waals surface area (Å²) in [5.41, 5.74) is 2.60. The molecule has 0 unspecified atom stereocenters. The van der Waals surface area contributed by atoms with E-state index in [0.29, 0.717) is 31.8 Å². The second-order valence-electron chi connectivity index (χ2n) is 6.84. The minimum Gasteiger partial charge on any atom is -0.372 e. The van der Waals surface area contributed by atoms with Crippen molar-refractivity contribution in [1.29, 1.82) is 0 Å². The molecule has 0 bridgehead atoms. The molecular weight excluding hydrogens is 302 g/mol. The Hall–Kier alpha value is -2.14. The van der Waals surface area contributed by atoms with Crippen molar-refractivity contribution < 1.29 is 9.53 Å². The molecule has 0 N–H and O–H groups in total. The van der Waals surface area contributed by atoms with Crippen molar-refractivity contribution in [3.05, 3.63) is 53.3 Å². The fraction of sp³-hybridized carbons (Fsp3) is 0.474. The van der Waals surface area contributed by atoms with Crippen LogP contribution >= 0.6 is 0 Å². The molecule has 1 amide bonds. The van der Waals surface area contributed by atoms with E-state index in [1.54, 1.807) is 6.20 Å². The van der Waals surface area contributed by atoms with Gasteiger partial charge >= 0.3 is 0 Å². The van der Waals surface area contributed by atoms with Crippen LogP contribution in [0.25, 0.3) is 0 Å². The number of carbonyl (C=O) groups is 1. The lowest BCUT2D eigenvalue weighted by Crippen LogP contribution is -2.50. The van der Waals surface area contributed by atoms with Gasteiger partial charge in [-0.25, -0.2) is 0 Å². The van der Waals surface area contributed by atoms with Crippen LogP contribution in [0.2, 0.25) is 0 Å². The van der Waals surface area contributed by atoms with Gasteiger partial charge in [-0.2, -0.15) is 5.10 Å². The van der Waals surface area contributed by atoms with E-state index in [1.807, 2.05) is 41.6 Å². The minimum absolute atomic E-state index is 0.0579. The van der Waals surface area contributed by atoms with Gasteiger partial charge in [0, 0.05) is 13.1 Å². The Morgan fingerprint density at radius 1 is 1.29 bits per heavy atom. The number of amides is 1. The largest absolute Gasteiger partial charge is 0.372 e. The normalized spacial score (nSPS) is 17.0. The number of carbonyl (C=O) groups excluding carboxylic acids is 1. The standard InChI is InChI=1S/C19H25N3O2/c1-4-17-16(18(23)21-10-11-24-19(2,3)14-21)12-20-22(17)13-15-8-6-5-7-9-15/h5-9,12H,4,10-11,13-14H2,1-3H3. The molecule has 1 aromatic heterocycles. The highest BCUT2D eigenvalue weighted by molar-refractivity contribution is 5.95. The van der Waals surface area contributed by atoms with Gasteiger partial charge in [-0.15, -0.1) is 0 Å². The molecule has 0 aliphatic carbocycles. The van der Waals surface area contributed by atoms with E-state index in [-0.39, 0.29) is 11.5 Å². The van der Waals surface area contributed by atoms with Crippen LogP contribution in [0.4, 0.5) is 0 Å². The van der Waals surface area contributed by atoms with Crippen molar-refractivity contribution in [1.82, 2.24) is 14.7 Å². The first-order chi connectivity index (χ1) is 11.5. The van der Waals surface area contributed by atoms with E-state index in [2.05, 4.69) is 24.2 Å². The van der Waals surface area contributed by atoms with Crippen LogP contribution in [-0.2, 0) is 17.7 Å². The SMILES string of the molecule is CCc1c(C(=O)N2CCOC(C)(C)C2)cnn1Cc1ccccc1. The first-order valence-electron chi connectivity index (χ1n) is 8.52. The molecule has 2 aromatic rings. The summed E-state index contributed by atoms with van der Waals surface area (Å²) in [7, 11) is 0. The van der Waals surface area contributed by atoms with Crippen molar-refractivity contribution in [2.45, 2.75) is 39.3 Å². The van der Waals surface area contributed by atoms with E-state index in [1.165, 1.54) is 5.56 Å². The predicted molar refractivity (Wildman–Crippen MR) is 93.1 cm³/mol. The number of benzene rings is 1. The quantitative estimate of drug-likeness (QED) is 0.867. The van der Waals surface area contributed by atoms with Crippen LogP contribution in [0, 0.1) is 0 Å². The Kier molecular flexibility index (Phi) is 4.71. The van der Waals surface area contributed by atoms with Gasteiger partial charge in [0.1, 0.15) is 0 Å². The third-order valence-corrected chi connectivity index (χ3v) is 4.40. The zero-order chi connectivity index (χ0) is 17.2. The van der Waals surface area contributed by atoms with Gasteiger partial charge in [0.15, 0.2) is 0 Å². The molecule has 0 saturated carbocycles. The maximum Gasteiger partial charge on any atom is 0.257 e. The maximum absolute atomic E-state index is 13.0. The van der Waals surface area contributed by atoms with E-state index >= 15 is 0 Å². The molecule has 1 aromatic carbocycles. The molecule has 5 heteroatoms. The molecular formula is C19H25N3O2. The zero-order valence-corrected chi connectivity index (χ0v) is 14.7. The van der Waals surface area contributed by atoms with E-state index < -0.39 is 0 Å². The highest BCUT2D eigenvalue weighted by atomic mass is 16.5. The fourth-order valence-electron chi connectivity index (χ4n) is 3.22. The topological polar surface area (TPSA) is 47.4 Å². The van der Waals surface area contributed by atoms with E-state index in [9.17, 15) is 4.79 Å². The first-order valence-corrected chi connectivity index (χ1v) is 8.52. The number of hydrogen-bond donors (Lipinski definition) is 0. The average Bonchev–Trinajstić information content (AvgIpc) is 2.96. The average molecular weight is 327 g/mol. The summed E-state index contributed by atoms with van der Waals surface area (Å²) < 4.78 is 7.65. The van der Waals surface area contributed by atoms with Crippen molar-refractivity contribution in [2.24, 2.45) is 0 Å². The van der Waals surface area contributed by atoms with Crippen LogP contribution in [0.15, 0.2) is 36.5 Å². The predicted octanol–water partition coefficient (Wildman–Crippen LogP) is 2.74. The van der Waals surface area contributed by atoms with Crippen LogP contribution < -0.4 is 0 Å². The van der Waals surface area contributed by atoms with Gasteiger partial charge in [0.25, 0.3) is 5.91 Å². The number of hydrogen-bond acceptors (Lipinski definition) is 3. The van der Waals surface area contributed by atoms with Crippen LogP contribution in [0.1, 0.15) is 42.4 Å². The van der Waals surface area contributed by atoms with Gasteiger partial charge in [-0.3, -0.25) is 9.48 Å². The summed E-state index contributed by atoms with van der Waals surface area (Å²) in [5.74, 6) is 0.0579. The fourth-order valence-corrected chi connectivity index (χ4v) is 3.22. The third kappa shape index (κ3) is 3.51. The lowest BCUT2D eigenvalue weighted by atomic mass is 10.1. The van der Waals surface area contributed by atoms with Gasteiger partial charge in [-0.05, 0) is 25.8 Å². The second kappa shape index (κ2) is 6.77. The lowest BCUT2D eigenvalue weighted by molar-refractivity contribution is -0.0764. The molecule has 1 saturated heterocycles. The zero-order valence-electron chi connectivity index (χ0n) is 14.7. The smallest absolute Gasteiger partial charge is 0.257 e. The first kappa shape index (κ1) is 16.7. The molecule has 5 nitrogen and oxygen atoms in total. The molecule has 1 fully saturated rings. The van der Waals surface area contributed by atoms with Gasteiger partial charge in [0.2, 0.25) is 0 Å².